The van der Waals surface area contributed by atoms with Crippen molar-refractivity contribution in [2.45, 2.75) is 0 Å². The number of fused-ring (bicyclic) bond motifs is 1. The largest absolute Gasteiger partial charge is 0.376 e. The average Bonchev–Trinajstić information content (AvgIpc) is 3.36. The number of H-pyrrole nitrogens is 3. The molecule has 0 amide bonds. The van der Waals surface area contributed by atoms with Crippen LogP contribution in [0.15, 0.2) is 24.5 Å². The molecule has 1 aromatic carbocycles. The Labute approximate surface area is 156 Å². The summed E-state index contributed by atoms with van der Waals surface area (Å²) in [6.45, 7) is -0.0972. The molecular weight excluding hydrogens is 379 g/mol. The second-order valence-corrected chi connectivity index (χ2v) is 6.29. The van der Waals surface area contributed by atoms with E-state index in [0.717, 1.165) is 16.5 Å². The maximum Gasteiger partial charge on any atom is 0.227 e. The lowest BCUT2D eigenvalue weighted by Crippen LogP contribution is -2.08. The molecular formula is C16H12Cl2N6O2. The molecule has 3 heterocycles. The van der Waals surface area contributed by atoms with Crippen molar-refractivity contribution < 1.29 is 9.53 Å². The summed E-state index contributed by atoms with van der Waals surface area (Å²) in [4.78, 5) is 19.5. The number of aromatic nitrogens is 6. The van der Waals surface area contributed by atoms with E-state index in [1.807, 2.05) is 6.07 Å². The third-order valence-electron chi connectivity index (χ3n) is 3.90. The van der Waals surface area contributed by atoms with Gasteiger partial charge in [-0.15, -0.1) is 5.10 Å². The van der Waals surface area contributed by atoms with Crippen LogP contribution in [0, 0.1) is 0 Å². The van der Waals surface area contributed by atoms with Gasteiger partial charge in [-0.1, -0.05) is 29.3 Å². The number of halogens is 2. The SMILES string of the molecule is COCC(=O)c1n[nH]c(-c2[nH]c3c(Cl)c(Cl)ccc3c2-c2cn[nH]c2)n1. The fraction of sp³-hybridized carbons (Fsp3) is 0.125. The van der Waals surface area contributed by atoms with E-state index in [1.54, 1.807) is 18.5 Å². The molecule has 0 aliphatic heterocycles. The van der Waals surface area contributed by atoms with Crippen LogP contribution < -0.4 is 0 Å². The van der Waals surface area contributed by atoms with Crippen LogP contribution in [-0.4, -0.2) is 49.9 Å². The first-order valence-electron chi connectivity index (χ1n) is 7.54. The van der Waals surface area contributed by atoms with E-state index in [-0.39, 0.29) is 18.2 Å². The Morgan fingerprint density at radius 2 is 2.15 bits per heavy atom. The van der Waals surface area contributed by atoms with Crippen molar-refractivity contribution in [2.75, 3.05) is 13.7 Å². The highest BCUT2D eigenvalue weighted by Gasteiger charge is 2.22. The minimum absolute atomic E-state index is 0.0442. The van der Waals surface area contributed by atoms with Gasteiger partial charge in [-0.2, -0.15) is 5.10 Å². The minimum Gasteiger partial charge on any atom is -0.376 e. The summed E-state index contributed by atoms with van der Waals surface area (Å²) >= 11 is 12.5. The maximum atomic E-state index is 11.9. The van der Waals surface area contributed by atoms with E-state index in [9.17, 15) is 4.79 Å². The van der Waals surface area contributed by atoms with E-state index >= 15 is 0 Å². The first kappa shape index (κ1) is 16.8. The van der Waals surface area contributed by atoms with Crippen LogP contribution in [0.25, 0.3) is 33.5 Å². The minimum atomic E-state index is -0.322. The van der Waals surface area contributed by atoms with Crippen molar-refractivity contribution in [1.29, 1.82) is 0 Å². The number of aromatic amines is 3. The third-order valence-corrected chi connectivity index (χ3v) is 4.70. The van der Waals surface area contributed by atoms with Gasteiger partial charge in [0.1, 0.15) is 6.61 Å². The first-order valence-corrected chi connectivity index (χ1v) is 8.29. The van der Waals surface area contributed by atoms with Gasteiger partial charge in [-0.25, -0.2) is 4.98 Å². The molecule has 8 nitrogen and oxygen atoms in total. The lowest BCUT2D eigenvalue weighted by Gasteiger charge is -2.00. The molecule has 3 N–H and O–H groups in total. The molecule has 0 radical (unpaired) electrons. The summed E-state index contributed by atoms with van der Waals surface area (Å²) < 4.78 is 4.84. The Bertz CT molecular complexity index is 1100. The summed E-state index contributed by atoms with van der Waals surface area (Å²) in [5.41, 5.74) is 2.92. The highest BCUT2D eigenvalue weighted by atomic mass is 35.5. The van der Waals surface area contributed by atoms with Gasteiger partial charge in [0.15, 0.2) is 5.82 Å². The second kappa shape index (κ2) is 6.56. The quantitative estimate of drug-likeness (QED) is 0.451. The fourth-order valence-corrected chi connectivity index (χ4v) is 3.13. The standard InChI is InChI=1S/C16H12Cl2N6O2/c1-26-6-10(25)15-22-16(24-23-15)14-11(7-4-19-20-5-7)8-2-3-9(17)12(18)13(8)21-14/h2-5,21H,6H2,1H3,(H,19,20)(H,22,23,24). The molecule has 0 aliphatic carbocycles. The van der Waals surface area contributed by atoms with E-state index < -0.39 is 0 Å². The molecule has 0 unspecified atom stereocenters. The summed E-state index contributed by atoms with van der Waals surface area (Å²) in [7, 11) is 1.44. The maximum absolute atomic E-state index is 11.9. The van der Waals surface area contributed by atoms with Crippen molar-refractivity contribution >= 4 is 39.9 Å². The van der Waals surface area contributed by atoms with Gasteiger partial charge in [-0.05, 0) is 6.07 Å². The van der Waals surface area contributed by atoms with Gasteiger partial charge in [0, 0.05) is 29.8 Å². The van der Waals surface area contributed by atoms with Gasteiger partial charge >= 0.3 is 0 Å². The predicted octanol–water partition coefficient (Wildman–Crippen LogP) is 3.48. The fourth-order valence-electron chi connectivity index (χ4n) is 2.76. The molecule has 3 aromatic heterocycles. The Kier molecular flexibility index (Phi) is 4.23. The summed E-state index contributed by atoms with van der Waals surface area (Å²) in [6.07, 6.45) is 3.43. The molecule has 26 heavy (non-hydrogen) atoms. The highest BCUT2D eigenvalue weighted by Crippen LogP contribution is 2.41. The summed E-state index contributed by atoms with van der Waals surface area (Å²) in [5, 5.41) is 15.2. The highest BCUT2D eigenvalue weighted by molar-refractivity contribution is 6.45. The number of ketones is 1. The van der Waals surface area contributed by atoms with Crippen LogP contribution in [-0.2, 0) is 4.74 Å². The number of carbonyl (C=O) groups excluding carboxylic acids is 1. The zero-order chi connectivity index (χ0) is 18.3. The number of ether oxygens (including phenoxy) is 1. The molecule has 4 rings (SSSR count). The van der Waals surface area contributed by atoms with Crippen LogP contribution in [0.4, 0.5) is 0 Å². The molecule has 132 valence electrons. The van der Waals surface area contributed by atoms with Crippen molar-refractivity contribution in [3.8, 4) is 22.6 Å². The Morgan fingerprint density at radius 3 is 2.88 bits per heavy atom. The van der Waals surface area contributed by atoms with Crippen LogP contribution >= 0.6 is 23.2 Å². The van der Waals surface area contributed by atoms with Crippen molar-refractivity contribution in [3.63, 3.8) is 0 Å². The lowest BCUT2D eigenvalue weighted by molar-refractivity contribution is 0.0838. The topological polar surface area (TPSA) is 112 Å². The second-order valence-electron chi connectivity index (χ2n) is 5.51. The number of nitrogens with one attached hydrogen (secondary N) is 3. The Morgan fingerprint density at radius 1 is 1.31 bits per heavy atom. The number of methoxy groups -OCH3 is 1. The van der Waals surface area contributed by atoms with Gasteiger partial charge in [0.05, 0.1) is 27.5 Å². The van der Waals surface area contributed by atoms with E-state index in [2.05, 4.69) is 30.4 Å². The predicted molar refractivity (Wildman–Crippen MR) is 97.5 cm³/mol. The molecule has 0 atom stereocenters. The number of nitrogens with zero attached hydrogens (tertiary/aromatic N) is 3. The van der Waals surface area contributed by atoms with Crippen molar-refractivity contribution in [3.05, 3.63) is 40.4 Å². The Balaban J connectivity index is 1.94. The van der Waals surface area contributed by atoms with Crippen LogP contribution in [0.1, 0.15) is 10.6 Å². The molecule has 10 heteroatoms. The smallest absolute Gasteiger partial charge is 0.227 e. The molecule has 4 aromatic rings. The number of Topliss-reactive ketones (excluding diaryl/α,β-unsaturated/α-hetero) is 1. The van der Waals surface area contributed by atoms with Gasteiger partial charge < -0.3 is 9.72 Å². The number of hydrogen-bond acceptors (Lipinski definition) is 5. The Hall–Kier alpha value is -2.68. The molecule has 0 aliphatic rings. The normalized spacial score (nSPS) is 11.3. The molecule has 0 saturated heterocycles. The van der Waals surface area contributed by atoms with E-state index in [1.165, 1.54) is 7.11 Å². The monoisotopic (exact) mass is 390 g/mol. The van der Waals surface area contributed by atoms with E-state index in [4.69, 9.17) is 27.9 Å². The molecule has 0 fully saturated rings. The van der Waals surface area contributed by atoms with E-state index in [0.29, 0.717) is 27.1 Å². The van der Waals surface area contributed by atoms with Gasteiger partial charge in [0.25, 0.3) is 0 Å². The number of rotatable bonds is 5. The van der Waals surface area contributed by atoms with Crippen molar-refractivity contribution in [1.82, 2.24) is 30.4 Å². The van der Waals surface area contributed by atoms with Crippen LogP contribution in [0.2, 0.25) is 10.0 Å². The molecule has 0 spiro atoms. The number of hydrogen-bond donors (Lipinski definition) is 3. The number of carbonyl (C=O) groups is 1. The average molecular weight is 391 g/mol. The zero-order valence-electron chi connectivity index (χ0n) is 13.4. The number of benzene rings is 1. The van der Waals surface area contributed by atoms with Crippen molar-refractivity contribution in [2.24, 2.45) is 0 Å². The molecule has 0 bridgehead atoms. The van der Waals surface area contributed by atoms with Crippen LogP contribution in [0.3, 0.4) is 0 Å². The van der Waals surface area contributed by atoms with Gasteiger partial charge in [-0.3, -0.25) is 15.0 Å². The molecule has 0 saturated carbocycles. The van der Waals surface area contributed by atoms with Crippen LogP contribution in [0.5, 0.6) is 0 Å². The summed E-state index contributed by atoms with van der Waals surface area (Å²) in [6, 6.07) is 3.58. The lowest BCUT2D eigenvalue weighted by atomic mass is 10.0. The first-order chi connectivity index (χ1) is 12.6. The van der Waals surface area contributed by atoms with Gasteiger partial charge in [0.2, 0.25) is 11.6 Å². The summed E-state index contributed by atoms with van der Waals surface area (Å²) in [5.74, 6) is 0.115. The zero-order valence-corrected chi connectivity index (χ0v) is 14.9. The third kappa shape index (κ3) is 2.68.